The standard InChI is InChI=1S/C20H23ClN2O2/c1-25-19-9-7-16(15-18(19)21)8-10-20(24)23-13-11-22(12-14-23)17-5-3-2-4-6-17/h2-7,9,15H,8,10-14H2,1H3. The number of nitrogens with zero attached hydrogens (tertiary/aromatic N) is 2. The summed E-state index contributed by atoms with van der Waals surface area (Å²) in [6, 6.07) is 16.0. The molecule has 1 amide bonds. The van der Waals surface area contributed by atoms with E-state index in [1.54, 1.807) is 7.11 Å². The van der Waals surface area contributed by atoms with Gasteiger partial charge in [-0.25, -0.2) is 0 Å². The summed E-state index contributed by atoms with van der Waals surface area (Å²) in [5, 5.41) is 0.587. The van der Waals surface area contributed by atoms with E-state index >= 15 is 0 Å². The maximum Gasteiger partial charge on any atom is 0.223 e. The fourth-order valence-corrected chi connectivity index (χ4v) is 3.41. The van der Waals surface area contributed by atoms with Crippen LogP contribution in [0.15, 0.2) is 48.5 Å². The lowest BCUT2D eigenvalue weighted by Crippen LogP contribution is -2.48. The van der Waals surface area contributed by atoms with Crippen LogP contribution in [0.2, 0.25) is 5.02 Å². The zero-order valence-electron chi connectivity index (χ0n) is 14.5. The third-order valence-electron chi connectivity index (χ3n) is 4.60. The van der Waals surface area contributed by atoms with Crippen molar-refractivity contribution in [2.45, 2.75) is 12.8 Å². The van der Waals surface area contributed by atoms with E-state index in [4.69, 9.17) is 16.3 Å². The summed E-state index contributed by atoms with van der Waals surface area (Å²) in [4.78, 5) is 16.8. The molecule has 3 rings (SSSR count). The predicted molar refractivity (Wildman–Crippen MR) is 102 cm³/mol. The van der Waals surface area contributed by atoms with Gasteiger partial charge < -0.3 is 14.5 Å². The van der Waals surface area contributed by atoms with Crippen molar-refractivity contribution in [2.75, 3.05) is 38.2 Å². The summed E-state index contributed by atoms with van der Waals surface area (Å²) in [5.41, 5.74) is 2.28. The van der Waals surface area contributed by atoms with Gasteiger partial charge in [0, 0.05) is 38.3 Å². The van der Waals surface area contributed by atoms with Gasteiger partial charge in [-0.1, -0.05) is 35.9 Å². The molecule has 1 aliphatic rings. The molecule has 1 aliphatic heterocycles. The molecule has 2 aromatic carbocycles. The molecule has 0 unspecified atom stereocenters. The van der Waals surface area contributed by atoms with Gasteiger partial charge in [-0.2, -0.15) is 0 Å². The second kappa shape index (κ2) is 8.26. The molecule has 1 heterocycles. The van der Waals surface area contributed by atoms with Gasteiger partial charge in [0.1, 0.15) is 5.75 Å². The molecule has 0 saturated carbocycles. The van der Waals surface area contributed by atoms with Crippen molar-refractivity contribution in [1.82, 2.24) is 4.90 Å². The molecule has 1 fully saturated rings. The number of ether oxygens (including phenoxy) is 1. The number of benzene rings is 2. The first kappa shape index (κ1) is 17.6. The van der Waals surface area contributed by atoms with E-state index in [2.05, 4.69) is 17.0 Å². The van der Waals surface area contributed by atoms with Gasteiger partial charge in [-0.3, -0.25) is 4.79 Å². The van der Waals surface area contributed by atoms with Gasteiger partial charge in [0.2, 0.25) is 5.91 Å². The fourth-order valence-electron chi connectivity index (χ4n) is 3.13. The Morgan fingerprint density at radius 1 is 1.08 bits per heavy atom. The van der Waals surface area contributed by atoms with Crippen LogP contribution in [0.3, 0.4) is 0 Å². The van der Waals surface area contributed by atoms with Crippen molar-refractivity contribution in [3.05, 3.63) is 59.1 Å². The van der Waals surface area contributed by atoms with E-state index in [0.717, 1.165) is 31.7 Å². The quantitative estimate of drug-likeness (QED) is 0.818. The van der Waals surface area contributed by atoms with Crippen molar-refractivity contribution in [3.63, 3.8) is 0 Å². The van der Waals surface area contributed by atoms with Gasteiger partial charge in [0.15, 0.2) is 0 Å². The SMILES string of the molecule is COc1ccc(CCC(=O)N2CCN(c3ccccc3)CC2)cc1Cl. The highest BCUT2D eigenvalue weighted by atomic mass is 35.5. The van der Waals surface area contributed by atoms with Crippen LogP contribution in [0.1, 0.15) is 12.0 Å². The van der Waals surface area contributed by atoms with E-state index in [9.17, 15) is 4.79 Å². The smallest absolute Gasteiger partial charge is 0.223 e. The molecule has 2 aromatic rings. The fraction of sp³-hybridized carbons (Fsp3) is 0.350. The second-order valence-corrected chi connectivity index (χ2v) is 6.58. The van der Waals surface area contributed by atoms with Gasteiger partial charge in [-0.05, 0) is 36.2 Å². The Bertz CT molecular complexity index is 713. The number of aryl methyl sites for hydroxylation is 1. The lowest BCUT2D eigenvalue weighted by Gasteiger charge is -2.36. The monoisotopic (exact) mass is 358 g/mol. The van der Waals surface area contributed by atoms with Gasteiger partial charge in [0.05, 0.1) is 12.1 Å². The molecule has 5 heteroatoms. The summed E-state index contributed by atoms with van der Waals surface area (Å²) in [7, 11) is 1.60. The maximum absolute atomic E-state index is 12.5. The van der Waals surface area contributed by atoms with Crippen molar-refractivity contribution in [1.29, 1.82) is 0 Å². The Balaban J connectivity index is 1.49. The summed E-state index contributed by atoms with van der Waals surface area (Å²) >= 11 is 6.14. The van der Waals surface area contributed by atoms with Crippen LogP contribution in [0.5, 0.6) is 5.75 Å². The molecular formula is C20H23ClN2O2. The van der Waals surface area contributed by atoms with E-state index in [1.807, 2.05) is 41.3 Å². The number of halogens is 1. The Morgan fingerprint density at radius 2 is 1.80 bits per heavy atom. The van der Waals surface area contributed by atoms with E-state index < -0.39 is 0 Å². The summed E-state index contributed by atoms with van der Waals surface area (Å²) in [6.45, 7) is 3.31. The van der Waals surface area contributed by atoms with Crippen molar-refractivity contribution >= 4 is 23.2 Å². The van der Waals surface area contributed by atoms with Crippen LogP contribution < -0.4 is 9.64 Å². The molecule has 25 heavy (non-hydrogen) atoms. The van der Waals surface area contributed by atoms with Gasteiger partial charge in [0.25, 0.3) is 0 Å². The molecule has 0 bridgehead atoms. The number of hydrogen-bond acceptors (Lipinski definition) is 3. The zero-order chi connectivity index (χ0) is 17.6. The number of anilines is 1. The molecule has 0 N–H and O–H groups in total. The van der Waals surface area contributed by atoms with E-state index in [-0.39, 0.29) is 5.91 Å². The number of rotatable bonds is 5. The number of amides is 1. The minimum Gasteiger partial charge on any atom is -0.495 e. The topological polar surface area (TPSA) is 32.8 Å². The van der Waals surface area contributed by atoms with Crippen LogP contribution >= 0.6 is 11.6 Å². The average Bonchev–Trinajstić information content (AvgIpc) is 2.67. The third kappa shape index (κ3) is 4.45. The normalized spacial score (nSPS) is 14.5. The first-order valence-electron chi connectivity index (χ1n) is 8.57. The first-order chi connectivity index (χ1) is 12.2. The molecule has 0 radical (unpaired) electrons. The summed E-state index contributed by atoms with van der Waals surface area (Å²) in [5.74, 6) is 0.869. The van der Waals surface area contributed by atoms with Crippen LogP contribution in [0.25, 0.3) is 0 Å². The largest absolute Gasteiger partial charge is 0.495 e. The molecule has 1 saturated heterocycles. The highest BCUT2D eigenvalue weighted by Crippen LogP contribution is 2.25. The van der Waals surface area contributed by atoms with Crippen LogP contribution in [-0.4, -0.2) is 44.1 Å². The maximum atomic E-state index is 12.5. The average molecular weight is 359 g/mol. The molecule has 0 spiro atoms. The summed E-state index contributed by atoms with van der Waals surface area (Å²) in [6.07, 6.45) is 1.20. The number of carbonyl (C=O) groups excluding carboxylic acids is 1. The lowest BCUT2D eigenvalue weighted by atomic mass is 10.1. The Kier molecular flexibility index (Phi) is 5.82. The second-order valence-electron chi connectivity index (χ2n) is 6.17. The highest BCUT2D eigenvalue weighted by Gasteiger charge is 2.21. The number of piperazine rings is 1. The van der Waals surface area contributed by atoms with Crippen molar-refractivity contribution in [2.24, 2.45) is 0 Å². The third-order valence-corrected chi connectivity index (χ3v) is 4.89. The minimum absolute atomic E-state index is 0.208. The van der Waals surface area contributed by atoms with Crippen LogP contribution in [-0.2, 0) is 11.2 Å². The van der Waals surface area contributed by atoms with Gasteiger partial charge >= 0.3 is 0 Å². The van der Waals surface area contributed by atoms with E-state index in [0.29, 0.717) is 23.6 Å². The number of hydrogen-bond donors (Lipinski definition) is 0. The number of methoxy groups -OCH3 is 1. The predicted octanol–water partition coefficient (Wildman–Crippen LogP) is 3.63. The highest BCUT2D eigenvalue weighted by molar-refractivity contribution is 6.32. The minimum atomic E-state index is 0.208. The first-order valence-corrected chi connectivity index (χ1v) is 8.95. The van der Waals surface area contributed by atoms with Gasteiger partial charge in [-0.15, -0.1) is 0 Å². The molecule has 0 aliphatic carbocycles. The molecule has 0 aromatic heterocycles. The molecule has 0 atom stereocenters. The number of carbonyl (C=O) groups is 1. The molecule has 4 nitrogen and oxygen atoms in total. The van der Waals surface area contributed by atoms with Crippen LogP contribution in [0.4, 0.5) is 5.69 Å². The van der Waals surface area contributed by atoms with Crippen LogP contribution in [0, 0.1) is 0 Å². The number of para-hydroxylation sites is 1. The zero-order valence-corrected chi connectivity index (χ0v) is 15.2. The Morgan fingerprint density at radius 3 is 2.44 bits per heavy atom. The lowest BCUT2D eigenvalue weighted by molar-refractivity contribution is -0.131. The Hall–Kier alpha value is -2.20. The summed E-state index contributed by atoms with van der Waals surface area (Å²) < 4.78 is 5.16. The van der Waals surface area contributed by atoms with Crippen molar-refractivity contribution < 1.29 is 9.53 Å². The molecular weight excluding hydrogens is 336 g/mol. The molecule has 132 valence electrons. The van der Waals surface area contributed by atoms with Crippen molar-refractivity contribution in [3.8, 4) is 5.75 Å². The van der Waals surface area contributed by atoms with E-state index in [1.165, 1.54) is 5.69 Å². The Labute approximate surface area is 154 Å².